The molecule has 1 aromatic heterocycles. The number of anilines is 1. The molecule has 0 bridgehead atoms. The summed E-state index contributed by atoms with van der Waals surface area (Å²) in [6, 6.07) is 7.76. The van der Waals surface area contributed by atoms with Crippen LogP contribution in [-0.4, -0.2) is 35.1 Å². The normalized spacial score (nSPS) is 10.4. The highest BCUT2D eigenvalue weighted by atomic mass is 16.4. The van der Waals surface area contributed by atoms with Gasteiger partial charge in [-0.3, -0.25) is 0 Å². The van der Waals surface area contributed by atoms with Gasteiger partial charge in [0.2, 0.25) is 0 Å². The van der Waals surface area contributed by atoms with Crippen LogP contribution in [0.5, 0.6) is 0 Å². The Labute approximate surface area is 105 Å². The van der Waals surface area contributed by atoms with E-state index in [1.807, 2.05) is 43.3 Å². The summed E-state index contributed by atoms with van der Waals surface area (Å²) in [7, 11) is 3.93. The van der Waals surface area contributed by atoms with Crippen molar-refractivity contribution in [1.82, 2.24) is 9.97 Å². The Morgan fingerprint density at radius 2 is 1.89 bits per heavy atom. The summed E-state index contributed by atoms with van der Waals surface area (Å²) in [5.74, 6) is -0.435. The van der Waals surface area contributed by atoms with Crippen LogP contribution in [0.2, 0.25) is 0 Å². The molecule has 94 valence electrons. The van der Waals surface area contributed by atoms with Crippen LogP contribution in [0.15, 0.2) is 24.3 Å². The molecule has 0 aliphatic carbocycles. The van der Waals surface area contributed by atoms with E-state index in [-0.39, 0.29) is 5.69 Å². The van der Waals surface area contributed by atoms with E-state index < -0.39 is 5.97 Å². The first-order valence-corrected chi connectivity index (χ1v) is 5.56. The fraction of sp³-hybridized carbons (Fsp3) is 0.231. The molecule has 0 atom stereocenters. The average Bonchev–Trinajstić information content (AvgIpc) is 2.71. The molecule has 0 saturated carbocycles. The summed E-state index contributed by atoms with van der Waals surface area (Å²) in [4.78, 5) is 20.0. The summed E-state index contributed by atoms with van der Waals surface area (Å²) in [6.45, 7) is 1.70. The predicted octanol–water partition coefficient (Wildman–Crippen LogP) is 2.15. The number of hydrogen-bond acceptors (Lipinski definition) is 3. The Morgan fingerprint density at radius 1 is 1.28 bits per heavy atom. The number of nitrogens with one attached hydrogen (secondary N) is 1. The van der Waals surface area contributed by atoms with E-state index in [0.717, 1.165) is 11.3 Å². The Balaban J connectivity index is 2.37. The number of carboxylic acids is 1. The molecule has 0 aliphatic rings. The summed E-state index contributed by atoms with van der Waals surface area (Å²) >= 11 is 0. The quantitative estimate of drug-likeness (QED) is 0.869. The van der Waals surface area contributed by atoms with Gasteiger partial charge in [-0.2, -0.15) is 0 Å². The molecule has 0 fully saturated rings. The van der Waals surface area contributed by atoms with E-state index in [1.54, 1.807) is 6.92 Å². The van der Waals surface area contributed by atoms with Crippen molar-refractivity contribution in [2.24, 2.45) is 0 Å². The third-order valence-corrected chi connectivity index (χ3v) is 2.74. The van der Waals surface area contributed by atoms with Gasteiger partial charge < -0.3 is 15.0 Å². The van der Waals surface area contributed by atoms with Gasteiger partial charge in [0.1, 0.15) is 5.82 Å². The molecule has 0 radical (unpaired) electrons. The number of benzene rings is 1. The van der Waals surface area contributed by atoms with Gasteiger partial charge in [0.25, 0.3) is 0 Å². The lowest BCUT2D eigenvalue weighted by molar-refractivity contribution is 0.0690. The molecule has 5 nitrogen and oxygen atoms in total. The van der Waals surface area contributed by atoms with Gasteiger partial charge in [0, 0.05) is 31.0 Å². The number of rotatable bonds is 3. The molecule has 5 heteroatoms. The molecule has 18 heavy (non-hydrogen) atoms. The number of carbonyl (C=O) groups is 1. The number of H-pyrrole nitrogens is 1. The van der Waals surface area contributed by atoms with Crippen LogP contribution in [-0.2, 0) is 0 Å². The zero-order valence-corrected chi connectivity index (χ0v) is 10.6. The maximum absolute atomic E-state index is 10.9. The molecule has 2 N–H and O–H groups in total. The largest absolute Gasteiger partial charge is 0.476 e. The van der Waals surface area contributed by atoms with E-state index in [0.29, 0.717) is 11.5 Å². The second-order valence-corrected chi connectivity index (χ2v) is 4.31. The number of nitrogens with zero attached hydrogens (tertiary/aromatic N) is 2. The van der Waals surface area contributed by atoms with Crippen molar-refractivity contribution in [2.45, 2.75) is 6.92 Å². The Kier molecular flexibility index (Phi) is 3.06. The zero-order valence-electron chi connectivity index (χ0n) is 10.6. The van der Waals surface area contributed by atoms with Crippen LogP contribution in [0, 0.1) is 6.92 Å². The summed E-state index contributed by atoms with van der Waals surface area (Å²) in [5, 5.41) is 8.95. The number of carboxylic acid groups (broad SMARTS) is 1. The molecule has 1 heterocycles. The average molecular weight is 245 g/mol. The van der Waals surface area contributed by atoms with E-state index >= 15 is 0 Å². The Morgan fingerprint density at radius 3 is 2.33 bits per heavy atom. The van der Waals surface area contributed by atoms with Gasteiger partial charge in [-0.15, -0.1) is 0 Å². The van der Waals surface area contributed by atoms with Crippen molar-refractivity contribution in [3.8, 4) is 11.4 Å². The molecule has 0 aliphatic heterocycles. The molecule has 2 aromatic rings. The van der Waals surface area contributed by atoms with E-state index in [1.165, 1.54) is 0 Å². The summed E-state index contributed by atoms with van der Waals surface area (Å²) in [6.07, 6.45) is 0. The minimum absolute atomic E-state index is 0.0710. The third kappa shape index (κ3) is 2.20. The van der Waals surface area contributed by atoms with Crippen LogP contribution in [0.25, 0.3) is 11.4 Å². The first-order valence-electron chi connectivity index (χ1n) is 5.56. The standard InChI is InChI=1S/C13H15N3O2/c1-8-11(13(17)18)15-12(14-8)9-4-6-10(7-5-9)16(2)3/h4-7H,1-3H3,(H,14,15)(H,17,18). The SMILES string of the molecule is Cc1[nH]c(-c2ccc(N(C)C)cc2)nc1C(=O)O. The minimum atomic E-state index is -1.01. The smallest absolute Gasteiger partial charge is 0.356 e. The van der Waals surface area contributed by atoms with E-state index in [4.69, 9.17) is 5.11 Å². The molecule has 0 amide bonds. The Hall–Kier alpha value is -2.30. The molecular formula is C13H15N3O2. The number of aromatic carboxylic acids is 1. The lowest BCUT2D eigenvalue weighted by Crippen LogP contribution is -2.07. The van der Waals surface area contributed by atoms with Gasteiger partial charge in [-0.25, -0.2) is 9.78 Å². The Bertz CT molecular complexity index is 570. The van der Waals surface area contributed by atoms with Crippen LogP contribution < -0.4 is 4.90 Å². The molecule has 2 rings (SSSR count). The van der Waals surface area contributed by atoms with Crippen molar-refractivity contribution >= 4 is 11.7 Å². The van der Waals surface area contributed by atoms with Crippen molar-refractivity contribution < 1.29 is 9.90 Å². The molecule has 0 unspecified atom stereocenters. The number of aromatic nitrogens is 2. The highest BCUT2D eigenvalue weighted by Crippen LogP contribution is 2.21. The van der Waals surface area contributed by atoms with Crippen molar-refractivity contribution in [3.63, 3.8) is 0 Å². The molecule has 1 aromatic carbocycles. The third-order valence-electron chi connectivity index (χ3n) is 2.74. The van der Waals surface area contributed by atoms with Gasteiger partial charge in [0.05, 0.1) is 0 Å². The van der Waals surface area contributed by atoms with E-state index in [9.17, 15) is 4.79 Å². The highest BCUT2D eigenvalue weighted by molar-refractivity contribution is 5.87. The number of aryl methyl sites for hydroxylation is 1. The van der Waals surface area contributed by atoms with Crippen LogP contribution in [0.1, 0.15) is 16.2 Å². The second kappa shape index (κ2) is 4.52. The van der Waals surface area contributed by atoms with Crippen LogP contribution >= 0.6 is 0 Å². The van der Waals surface area contributed by atoms with Gasteiger partial charge >= 0.3 is 5.97 Å². The first-order chi connectivity index (χ1) is 8.49. The number of imidazole rings is 1. The zero-order chi connectivity index (χ0) is 13.3. The number of aromatic amines is 1. The molecule has 0 saturated heterocycles. The van der Waals surface area contributed by atoms with Gasteiger partial charge in [0.15, 0.2) is 5.69 Å². The second-order valence-electron chi connectivity index (χ2n) is 4.31. The van der Waals surface area contributed by atoms with Crippen molar-refractivity contribution in [3.05, 3.63) is 35.7 Å². The first kappa shape index (κ1) is 12.2. The lowest BCUT2D eigenvalue weighted by atomic mass is 10.2. The topological polar surface area (TPSA) is 69.2 Å². The maximum atomic E-state index is 10.9. The van der Waals surface area contributed by atoms with Crippen molar-refractivity contribution in [1.29, 1.82) is 0 Å². The fourth-order valence-corrected chi connectivity index (χ4v) is 1.72. The molecular weight excluding hydrogens is 230 g/mol. The number of hydrogen-bond donors (Lipinski definition) is 2. The summed E-state index contributed by atoms with van der Waals surface area (Å²) in [5.41, 5.74) is 2.59. The lowest BCUT2D eigenvalue weighted by Gasteiger charge is -2.12. The minimum Gasteiger partial charge on any atom is -0.476 e. The monoisotopic (exact) mass is 245 g/mol. The van der Waals surface area contributed by atoms with Crippen molar-refractivity contribution in [2.75, 3.05) is 19.0 Å². The van der Waals surface area contributed by atoms with Crippen LogP contribution in [0.3, 0.4) is 0 Å². The highest BCUT2D eigenvalue weighted by Gasteiger charge is 2.14. The fourth-order valence-electron chi connectivity index (χ4n) is 1.72. The van der Waals surface area contributed by atoms with E-state index in [2.05, 4.69) is 9.97 Å². The van der Waals surface area contributed by atoms with Gasteiger partial charge in [-0.05, 0) is 31.2 Å². The summed E-state index contributed by atoms with van der Waals surface area (Å²) < 4.78 is 0. The van der Waals surface area contributed by atoms with Crippen LogP contribution in [0.4, 0.5) is 5.69 Å². The molecule has 0 spiro atoms. The van der Waals surface area contributed by atoms with Gasteiger partial charge in [-0.1, -0.05) is 0 Å². The predicted molar refractivity (Wildman–Crippen MR) is 70.0 cm³/mol. The maximum Gasteiger partial charge on any atom is 0.356 e.